The van der Waals surface area contributed by atoms with E-state index in [9.17, 15) is 4.39 Å². The molecule has 0 radical (unpaired) electrons. The molecule has 7 heteroatoms. The molecule has 0 bridgehead atoms. The highest BCUT2D eigenvalue weighted by molar-refractivity contribution is 6.55. The molecule has 1 saturated heterocycles. The van der Waals surface area contributed by atoms with E-state index in [2.05, 4.69) is 5.10 Å². The Balaban J connectivity index is 2.25. The summed E-state index contributed by atoms with van der Waals surface area (Å²) in [6, 6.07) is 1.98. The zero-order valence-electron chi connectivity index (χ0n) is 13.0. The van der Waals surface area contributed by atoms with Gasteiger partial charge in [0.1, 0.15) is 12.3 Å². The van der Waals surface area contributed by atoms with Crippen molar-refractivity contribution in [2.24, 2.45) is 0 Å². The van der Waals surface area contributed by atoms with Crippen LogP contribution < -0.4 is 0 Å². The van der Waals surface area contributed by atoms with Crippen LogP contribution in [-0.4, -0.2) is 28.1 Å². The lowest BCUT2D eigenvalue weighted by Gasteiger charge is -2.32. The molecule has 0 saturated carbocycles. The first-order valence-electron chi connectivity index (χ1n) is 6.79. The van der Waals surface area contributed by atoms with Gasteiger partial charge in [0.2, 0.25) is 0 Å². The normalized spacial score (nSPS) is 21.1. The third-order valence-corrected chi connectivity index (χ3v) is 4.12. The van der Waals surface area contributed by atoms with Crippen molar-refractivity contribution in [2.75, 3.05) is 0 Å². The zero-order chi connectivity index (χ0) is 15.8. The van der Waals surface area contributed by atoms with Gasteiger partial charge in [-0.15, -0.1) is 0 Å². The number of allylic oxidation sites excluding steroid dienone is 1. The van der Waals surface area contributed by atoms with Crippen molar-refractivity contribution in [1.29, 1.82) is 5.26 Å². The summed E-state index contributed by atoms with van der Waals surface area (Å²) in [7, 11) is -1.02. The van der Waals surface area contributed by atoms with Crippen LogP contribution >= 0.6 is 0 Å². The lowest BCUT2D eigenvalue weighted by atomic mass is 9.84. The van der Waals surface area contributed by atoms with E-state index in [1.807, 2.05) is 33.8 Å². The van der Waals surface area contributed by atoms with Crippen molar-refractivity contribution in [2.45, 2.75) is 52.4 Å². The van der Waals surface area contributed by atoms with Crippen molar-refractivity contribution in [3.8, 4) is 6.07 Å². The third kappa shape index (κ3) is 2.87. The van der Waals surface area contributed by atoms with Crippen molar-refractivity contribution in [3.05, 3.63) is 23.7 Å². The fourth-order valence-electron chi connectivity index (χ4n) is 1.98. The number of nitriles is 1. The highest BCUT2D eigenvalue weighted by atomic mass is 19.1. The molecular formula is C14H19BFN3O2. The molecule has 0 aromatic carbocycles. The first kappa shape index (κ1) is 15.7. The molecule has 1 fully saturated rings. The third-order valence-electron chi connectivity index (χ3n) is 4.12. The van der Waals surface area contributed by atoms with E-state index in [0.29, 0.717) is 11.1 Å². The minimum absolute atomic E-state index is 0.130. The maximum atomic E-state index is 14.6. The number of aromatic nitrogens is 2. The van der Waals surface area contributed by atoms with Gasteiger partial charge in [-0.05, 0) is 40.2 Å². The van der Waals surface area contributed by atoms with Gasteiger partial charge in [0.25, 0.3) is 0 Å². The largest absolute Gasteiger partial charge is 0.525 e. The second-order valence-corrected chi connectivity index (χ2v) is 6.15. The first-order chi connectivity index (χ1) is 9.68. The Morgan fingerprint density at radius 1 is 1.38 bits per heavy atom. The molecule has 0 aliphatic carbocycles. The van der Waals surface area contributed by atoms with Gasteiger partial charge in [0.15, 0.2) is 0 Å². The topological polar surface area (TPSA) is 60.1 Å². The molecule has 1 aromatic heterocycles. The average Bonchev–Trinajstić information content (AvgIpc) is 2.92. The van der Waals surface area contributed by atoms with E-state index in [-0.39, 0.29) is 6.54 Å². The Morgan fingerprint density at radius 3 is 2.48 bits per heavy atom. The van der Waals surface area contributed by atoms with E-state index < -0.39 is 24.0 Å². The Kier molecular flexibility index (Phi) is 3.96. The predicted molar refractivity (Wildman–Crippen MR) is 77.6 cm³/mol. The van der Waals surface area contributed by atoms with Crippen LogP contribution in [-0.2, 0) is 15.9 Å². The van der Waals surface area contributed by atoms with E-state index in [1.54, 1.807) is 13.1 Å². The fraction of sp³-hybridized carbons (Fsp3) is 0.571. The SMILES string of the molecule is CC(=C(F)B1OC(C)(C)C(C)(C)O1)c1cnn(CC#N)c1. The highest BCUT2D eigenvalue weighted by Crippen LogP contribution is 2.40. The van der Waals surface area contributed by atoms with Gasteiger partial charge in [0, 0.05) is 11.8 Å². The predicted octanol–water partition coefficient (Wildman–Crippen LogP) is 2.74. The molecule has 0 amide bonds. The van der Waals surface area contributed by atoms with Crippen LogP contribution in [0.25, 0.3) is 5.57 Å². The molecule has 0 atom stereocenters. The van der Waals surface area contributed by atoms with E-state index in [4.69, 9.17) is 14.6 Å². The standard InChI is InChI=1S/C14H19BFN3O2/c1-10(11-8-18-19(9-11)7-6-17)12(16)15-20-13(2,3)14(4,5)21-15/h8-9H,7H2,1-5H3. The molecule has 0 N–H and O–H groups in total. The lowest BCUT2D eigenvalue weighted by molar-refractivity contribution is 0.00578. The molecule has 0 spiro atoms. The summed E-state index contributed by atoms with van der Waals surface area (Å²) in [5, 5.41) is 12.6. The van der Waals surface area contributed by atoms with Gasteiger partial charge >= 0.3 is 7.12 Å². The number of hydrogen-bond acceptors (Lipinski definition) is 4. The van der Waals surface area contributed by atoms with Crippen LogP contribution in [0.4, 0.5) is 4.39 Å². The summed E-state index contributed by atoms with van der Waals surface area (Å²) >= 11 is 0. The van der Waals surface area contributed by atoms with Crippen molar-refractivity contribution >= 4 is 12.7 Å². The van der Waals surface area contributed by atoms with Gasteiger partial charge in [-0.1, -0.05) is 0 Å². The number of halogens is 1. The van der Waals surface area contributed by atoms with Gasteiger partial charge in [-0.2, -0.15) is 10.4 Å². The minimum Gasteiger partial charge on any atom is -0.398 e. The highest BCUT2D eigenvalue weighted by Gasteiger charge is 2.53. The quantitative estimate of drug-likeness (QED) is 0.803. The lowest BCUT2D eigenvalue weighted by Crippen LogP contribution is -2.41. The maximum absolute atomic E-state index is 14.6. The van der Waals surface area contributed by atoms with Crippen LogP contribution in [0.5, 0.6) is 0 Å². The van der Waals surface area contributed by atoms with E-state index >= 15 is 0 Å². The van der Waals surface area contributed by atoms with Crippen LogP contribution in [0.2, 0.25) is 0 Å². The maximum Gasteiger partial charge on any atom is 0.525 e. The monoisotopic (exact) mass is 291 g/mol. The van der Waals surface area contributed by atoms with E-state index in [1.165, 1.54) is 10.9 Å². The summed E-state index contributed by atoms with van der Waals surface area (Å²) in [6.07, 6.45) is 3.15. The molecule has 1 aliphatic rings. The summed E-state index contributed by atoms with van der Waals surface area (Å²) < 4.78 is 27.4. The molecular weight excluding hydrogens is 272 g/mol. The van der Waals surface area contributed by atoms with Gasteiger partial charge in [-0.3, -0.25) is 4.68 Å². The zero-order valence-corrected chi connectivity index (χ0v) is 13.0. The van der Waals surface area contributed by atoms with Gasteiger partial charge in [0.05, 0.1) is 23.5 Å². The van der Waals surface area contributed by atoms with E-state index in [0.717, 1.165) is 0 Å². The molecule has 2 rings (SSSR count). The molecule has 1 aliphatic heterocycles. The fourth-order valence-corrected chi connectivity index (χ4v) is 1.98. The molecule has 112 valence electrons. The summed E-state index contributed by atoms with van der Waals surface area (Å²) in [6.45, 7) is 9.28. The van der Waals surface area contributed by atoms with Crippen LogP contribution in [0, 0.1) is 11.3 Å². The Bertz CT molecular complexity index is 600. The first-order valence-corrected chi connectivity index (χ1v) is 6.79. The minimum atomic E-state index is -1.02. The smallest absolute Gasteiger partial charge is 0.398 e. The summed E-state index contributed by atoms with van der Waals surface area (Å²) in [4.78, 5) is 0. The van der Waals surface area contributed by atoms with Crippen molar-refractivity contribution in [1.82, 2.24) is 9.78 Å². The molecule has 2 heterocycles. The Morgan fingerprint density at radius 2 is 1.95 bits per heavy atom. The van der Waals surface area contributed by atoms with Crippen molar-refractivity contribution in [3.63, 3.8) is 0 Å². The second-order valence-electron chi connectivity index (χ2n) is 6.15. The van der Waals surface area contributed by atoms with Gasteiger partial charge in [-0.25, -0.2) is 4.39 Å². The van der Waals surface area contributed by atoms with Crippen LogP contribution in [0.15, 0.2) is 18.1 Å². The second kappa shape index (κ2) is 5.28. The Labute approximate surface area is 124 Å². The average molecular weight is 291 g/mol. The van der Waals surface area contributed by atoms with Crippen LogP contribution in [0.1, 0.15) is 40.2 Å². The Hall–Kier alpha value is -1.65. The molecule has 21 heavy (non-hydrogen) atoms. The molecule has 0 unspecified atom stereocenters. The summed E-state index contributed by atoms with van der Waals surface area (Å²) in [5.74, 6) is 0. The summed E-state index contributed by atoms with van der Waals surface area (Å²) in [5.41, 5.74) is -0.624. The molecule has 1 aromatic rings. The molecule has 5 nitrogen and oxygen atoms in total. The van der Waals surface area contributed by atoms with Crippen LogP contribution in [0.3, 0.4) is 0 Å². The number of rotatable bonds is 3. The van der Waals surface area contributed by atoms with Gasteiger partial charge < -0.3 is 9.31 Å². The number of nitrogens with zero attached hydrogens (tertiary/aromatic N) is 3. The van der Waals surface area contributed by atoms with Crippen molar-refractivity contribution < 1.29 is 13.7 Å². The number of hydrogen-bond donors (Lipinski definition) is 0.